The molecule has 1 aliphatic carbocycles. The predicted molar refractivity (Wildman–Crippen MR) is 178 cm³/mol. The minimum atomic E-state index is -3.59. The number of carboxylic acid groups (broad SMARTS) is 1. The third-order valence-electron chi connectivity index (χ3n) is 9.41. The van der Waals surface area contributed by atoms with E-state index in [4.69, 9.17) is 23.2 Å². The molecule has 0 spiro atoms. The first-order valence-electron chi connectivity index (χ1n) is 15.3. The number of aromatic carboxylic acids is 1. The third kappa shape index (κ3) is 6.93. The van der Waals surface area contributed by atoms with Crippen molar-refractivity contribution in [2.24, 2.45) is 11.3 Å². The normalized spacial score (nSPS) is 23.2. The minimum absolute atomic E-state index is 0.0541. The maximum absolute atomic E-state index is 15.1. The number of nitrogens with zero attached hydrogens (tertiary/aromatic N) is 2. The topological polar surface area (TPSA) is 105 Å². The van der Waals surface area contributed by atoms with E-state index in [2.05, 4.69) is 4.98 Å². The molecule has 1 aromatic heterocycles. The largest absolute Gasteiger partial charge is 0.478 e. The zero-order valence-corrected chi connectivity index (χ0v) is 28.6. The van der Waals surface area contributed by atoms with E-state index in [0.29, 0.717) is 27.7 Å². The molecule has 1 aliphatic heterocycles. The van der Waals surface area contributed by atoms with Crippen LogP contribution in [0.25, 0.3) is 0 Å². The highest BCUT2D eigenvalue weighted by atomic mass is 35.5. The number of carbonyl (C=O) groups excluding carboxylic acids is 1. The van der Waals surface area contributed by atoms with E-state index < -0.39 is 38.1 Å². The SMILES string of the molecule is Cc1cc(C[C@@]2(C)C[C@H](c3cccc(Cl)c3)[C@@H](c3ccc(Cl)cc3)N([C@H](CS(=O)(=O)C(C)(C)C)C3CC3)C2=O)ncc1C(=O)O. The molecule has 1 N–H and O–H groups in total. The summed E-state index contributed by atoms with van der Waals surface area (Å²) >= 11 is 12.8. The van der Waals surface area contributed by atoms with Crippen molar-refractivity contribution >= 4 is 44.9 Å². The number of sulfone groups is 1. The van der Waals surface area contributed by atoms with E-state index in [1.54, 1.807) is 45.9 Å². The quantitative estimate of drug-likeness (QED) is 0.250. The van der Waals surface area contributed by atoms with Gasteiger partial charge in [-0.1, -0.05) is 54.4 Å². The average molecular weight is 672 g/mol. The van der Waals surface area contributed by atoms with Crippen LogP contribution in [-0.4, -0.2) is 51.8 Å². The number of likely N-dealkylation sites (tertiary alicyclic amines) is 1. The Morgan fingerprint density at radius 3 is 2.29 bits per heavy atom. The number of aromatic nitrogens is 1. The Hall–Kier alpha value is -2.94. The van der Waals surface area contributed by atoms with Gasteiger partial charge in [0.25, 0.3) is 0 Å². The summed E-state index contributed by atoms with van der Waals surface area (Å²) in [7, 11) is -3.59. The lowest BCUT2D eigenvalue weighted by atomic mass is 9.66. The fraction of sp³-hybridized carbons (Fsp3) is 0.457. The number of piperidine rings is 1. The van der Waals surface area contributed by atoms with Gasteiger partial charge in [0.2, 0.25) is 5.91 Å². The molecule has 2 fully saturated rings. The van der Waals surface area contributed by atoms with Gasteiger partial charge in [-0.25, -0.2) is 13.2 Å². The second-order valence-corrected chi connectivity index (χ2v) is 17.6. The number of amides is 1. The lowest BCUT2D eigenvalue weighted by Gasteiger charge is -2.52. The van der Waals surface area contributed by atoms with Crippen LogP contribution in [0.2, 0.25) is 10.0 Å². The number of pyridine rings is 1. The van der Waals surface area contributed by atoms with Gasteiger partial charge in [-0.15, -0.1) is 0 Å². The molecule has 4 atom stereocenters. The molecule has 240 valence electrons. The van der Waals surface area contributed by atoms with Crippen molar-refractivity contribution in [2.75, 3.05) is 5.75 Å². The molecule has 5 rings (SSSR count). The van der Waals surface area contributed by atoms with Crippen LogP contribution in [0.3, 0.4) is 0 Å². The minimum Gasteiger partial charge on any atom is -0.478 e. The number of carboxylic acids is 1. The van der Waals surface area contributed by atoms with Crippen LogP contribution in [0.1, 0.15) is 91.7 Å². The molecule has 2 aliphatic rings. The smallest absolute Gasteiger partial charge is 0.337 e. The molecule has 0 radical (unpaired) electrons. The maximum atomic E-state index is 15.1. The molecule has 2 heterocycles. The lowest BCUT2D eigenvalue weighted by Crippen LogP contribution is -2.59. The Morgan fingerprint density at radius 2 is 1.73 bits per heavy atom. The van der Waals surface area contributed by atoms with Crippen LogP contribution >= 0.6 is 23.2 Å². The number of carbonyl (C=O) groups is 2. The number of rotatable bonds is 9. The second kappa shape index (κ2) is 12.3. The van der Waals surface area contributed by atoms with Gasteiger partial charge in [0.1, 0.15) is 0 Å². The molecule has 2 aromatic carbocycles. The summed E-state index contributed by atoms with van der Waals surface area (Å²) in [4.78, 5) is 33.1. The zero-order chi connectivity index (χ0) is 32.9. The van der Waals surface area contributed by atoms with Crippen molar-refractivity contribution in [3.8, 4) is 0 Å². The Morgan fingerprint density at radius 1 is 1.07 bits per heavy atom. The highest BCUT2D eigenvalue weighted by Crippen LogP contribution is 2.54. The van der Waals surface area contributed by atoms with Crippen molar-refractivity contribution in [2.45, 2.75) is 83.1 Å². The average Bonchev–Trinajstić information content (AvgIpc) is 3.79. The molecule has 45 heavy (non-hydrogen) atoms. The highest BCUT2D eigenvalue weighted by molar-refractivity contribution is 7.92. The molecule has 3 aromatic rings. The molecule has 7 nitrogen and oxygen atoms in total. The molecular weight excluding hydrogens is 631 g/mol. The van der Waals surface area contributed by atoms with Crippen LogP contribution < -0.4 is 0 Å². The summed E-state index contributed by atoms with van der Waals surface area (Å²) in [6.45, 7) is 8.75. The van der Waals surface area contributed by atoms with Crippen molar-refractivity contribution < 1.29 is 23.1 Å². The van der Waals surface area contributed by atoms with Crippen LogP contribution in [0, 0.1) is 18.3 Å². The first-order chi connectivity index (χ1) is 21.0. The fourth-order valence-corrected chi connectivity index (χ4v) is 8.35. The first-order valence-corrected chi connectivity index (χ1v) is 17.7. The van der Waals surface area contributed by atoms with Crippen LogP contribution in [-0.2, 0) is 21.1 Å². The van der Waals surface area contributed by atoms with Crippen LogP contribution in [0.4, 0.5) is 0 Å². The van der Waals surface area contributed by atoms with Gasteiger partial charge in [0, 0.05) is 40.3 Å². The predicted octanol–water partition coefficient (Wildman–Crippen LogP) is 7.69. The molecule has 0 bridgehead atoms. The number of halogens is 2. The molecule has 1 saturated carbocycles. The number of aryl methyl sites for hydroxylation is 1. The molecular formula is C35H40Cl2N2O5S. The molecule has 10 heteroatoms. The van der Waals surface area contributed by atoms with Crippen molar-refractivity contribution in [3.63, 3.8) is 0 Å². The Bertz CT molecular complexity index is 1720. The summed E-state index contributed by atoms with van der Waals surface area (Å²) < 4.78 is 26.6. The van der Waals surface area contributed by atoms with Gasteiger partial charge in [-0.3, -0.25) is 9.78 Å². The summed E-state index contributed by atoms with van der Waals surface area (Å²) in [6, 6.07) is 15.8. The van der Waals surface area contributed by atoms with E-state index >= 15 is 4.79 Å². The Balaban J connectivity index is 1.69. The third-order valence-corrected chi connectivity index (χ3v) is 12.5. The number of hydrogen-bond donors (Lipinski definition) is 1. The second-order valence-electron chi connectivity index (χ2n) is 13.9. The zero-order valence-electron chi connectivity index (χ0n) is 26.3. The van der Waals surface area contributed by atoms with Crippen molar-refractivity contribution in [3.05, 3.63) is 98.8 Å². The van der Waals surface area contributed by atoms with E-state index in [1.165, 1.54) is 6.20 Å². The summed E-state index contributed by atoms with van der Waals surface area (Å²) in [5, 5.41) is 10.7. The van der Waals surface area contributed by atoms with E-state index in [9.17, 15) is 18.3 Å². The highest BCUT2D eigenvalue weighted by Gasteiger charge is 2.55. The standard InChI is InChI=1S/C35H40Cl2N2O5S/c1-21-15-27(38-19-29(21)32(40)41)17-35(5)18-28(24-7-6-8-26(37)16-24)31(23-11-13-25(36)14-12-23)39(33(35)42)30(22-9-10-22)20-45(43,44)34(2,3)4/h6-8,11-16,19,22,28,30-31H,9-10,17-18,20H2,1-5H3,(H,40,41)/t28-,30-,31-,35+/m1/s1. The number of benzene rings is 2. The first kappa shape index (κ1) is 33.4. The van der Waals surface area contributed by atoms with Gasteiger partial charge in [0.05, 0.1) is 27.5 Å². The Labute approximate surface area is 275 Å². The van der Waals surface area contributed by atoms with Gasteiger partial charge in [-0.2, -0.15) is 0 Å². The van der Waals surface area contributed by atoms with Gasteiger partial charge in [0.15, 0.2) is 9.84 Å². The maximum Gasteiger partial charge on any atom is 0.337 e. The summed E-state index contributed by atoms with van der Waals surface area (Å²) in [5.74, 6) is -1.51. The fourth-order valence-electron chi connectivity index (χ4n) is 6.64. The van der Waals surface area contributed by atoms with E-state index in [0.717, 1.165) is 24.0 Å². The molecule has 0 unspecified atom stereocenters. The molecule has 1 amide bonds. The van der Waals surface area contributed by atoms with Gasteiger partial charge in [-0.05, 0) is 99.9 Å². The Kier molecular flexibility index (Phi) is 9.17. The van der Waals surface area contributed by atoms with Crippen molar-refractivity contribution in [1.82, 2.24) is 9.88 Å². The van der Waals surface area contributed by atoms with E-state index in [-0.39, 0.29) is 35.5 Å². The van der Waals surface area contributed by atoms with Crippen molar-refractivity contribution in [1.29, 1.82) is 0 Å². The monoisotopic (exact) mass is 670 g/mol. The van der Waals surface area contributed by atoms with Gasteiger partial charge < -0.3 is 10.0 Å². The van der Waals surface area contributed by atoms with Gasteiger partial charge >= 0.3 is 5.97 Å². The number of hydrogen-bond acceptors (Lipinski definition) is 5. The molecule has 1 saturated heterocycles. The van der Waals surface area contributed by atoms with Crippen LogP contribution in [0.5, 0.6) is 0 Å². The van der Waals surface area contributed by atoms with E-state index in [1.807, 2.05) is 48.2 Å². The summed E-state index contributed by atoms with van der Waals surface area (Å²) in [6.07, 6.45) is 3.74. The lowest BCUT2D eigenvalue weighted by molar-refractivity contribution is -0.154. The summed E-state index contributed by atoms with van der Waals surface area (Å²) in [5.41, 5.74) is 2.13. The van der Waals surface area contributed by atoms with Crippen LogP contribution in [0.15, 0.2) is 60.8 Å².